The van der Waals surface area contributed by atoms with Crippen LogP contribution < -0.4 is 19.7 Å². The van der Waals surface area contributed by atoms with Crippen LogP contribution in [0.4, 0.5) is 11.4 Å². The fraction of sp³-hybridized carbons (Fsp3) is 0.571. The Hall–Kier alpha value is -2.02. The van der Waals surface area contributed by atoms with Gasteiger partial charge in [0.25, 0.3) is 5.69 Å². The van der Waals surface area contributed by atoms with Crippen molar-refractivity contribution in [2.45, 2.75) is 25.9 Å². The van der Waals surface area contributed by atoms with Crippen molar-refractivity contribution in [2.75, 3.05) is 32.2 Å². The minimum Gasteiger partial charge on any atom is -0.493 e. The number of methoxy groups -OCH3 is 2. The Balaban J connectivity index is 2.52. The molecule has 0 amide bonds. The molecule has 0 bridgehead atoms. The summed E-state index contributed by atoms with van der Waals surface area (Å²) in [4.78, 5) is 13.1. The van der Waals surface area contributed by atoms with Crippen LogP contribution in [0.2, 0.25) is 0 Å². The van der Waals surface area contributed by atoms with E-state index in [0.717, 1.165) is 6.54 Å². The first-order valence-electron chi connectivity index (χ1n) is 6.88. The topological polar surface area (TPSA) is 76.9 Å². The van der Waals surface area contributed by atoms with E-state index in [-0.39, 0.29) is 22.7 Å². The van der Waals surface area contributed by atoms with E-state index in [9.17, 15) is 10.1 Å². The summed E-state index contributed by atoms with van der Waals surface area (Å²) >= 11 is 0. The lowest BCUT2D eigenvalue weighted by atomic mass is 10.1. The number of hydrogen-bond donors (Lipinski definition) is 1. The summed E-state index contributed by atoms with van der Waals surface area (Å²) in [5.74, 6) is 0.861. The quantitative estimate of drug-likeness (QED) is 0.674. The summed E-state index contributed by atoms with van der Waals surface area (Å²) in [6.07, 6.45) is 0. The number of ether oxygens (including phenoxy) is 2. The van der Waals surface area contributed by atoms with Crippen molar-refractivity contribution in [2.24, 2.45) is 0 Å². The lowest BCUT2D eigenvalue weighted by Crippen LogP contribution is -2.54. The number of piperazine rings is 1. The molecule has 2 unspecified atom stereocenters. The largest absolute Gasteiger partial charge is 0.493 e. The zero-order chi connectivity index (χ0) is 15.6. The Kier molecular flexibility index (Phi) is 4.52. The molecule has 116 valence electrons. The van der Waals surface area contributed by atoms with Crippen molar-refractivity contribution in [3.8, 4) is 11.5 Å². The number of hydrogen-bond acceptors (Lipinski definition) is 6. The summed E-state index contributed by atoms with van der Waals surface area (Å²) in [5.41, 5.74) is 0.604. The smallest absolute Gasteiger partial charge is 0.296 e. The molecule has 0 saturated carbocycles. The van der Waals surface area contributed by atoms with Gasteiger partial charge in [-0.15, -0.1) is 0 Å². The van der Waals surface area contributed by atoms with Crippen LogP contribution in [-0.2, 0) is 0 Å². The average molecular weight is 295 g/mol. The van der Waals surface area contributed by atoms with Crippen LogP contribution in [-0.4, -0.2) is 44.3 Å². The maximum absolute atomic E-state index is 11.4. The monoisotopic (exact) mass is 295 g/mol. The molecule has 2 atom stereocenters. The Morgan fingerprint density at radius 1 is 1.29 bits per heavy atom. The number of nitrogens with zero attached hydrogens (tertiary/aromatic N) is 2. The predicted octanol–water partition coefficient (Wildman–Crippen LogP) is 1.80. The van der Waals surface area contributed by atoms with Gasteiger partial charge in [-0.3, -0.25) is 10.1 Å². The van der Waals surface area contributed by atoms with Crippen LogP contribution in [0, 0.1) is 10.1 Å². The lowest BCUT2D eigenvalue weighted by molar-refractivity contribution is -0.384. The van der Waals surface area contributed by atoms with Crippen LogP contribution in [0.1, 0.15) is 13.8 Å². The third-order valence-corrected chi connectivity index (χ3v) is 3.75. The van der Waals surface area contributed by atoms with Gasteiger partial charge in [0.05, 0.1) is 25.2 Å². The molecule has 1 aromatic carbocycles. The minimum absolute atomic E-state index is 0.0357. The zero-order valence-corrected chi connectivity index (χ0v) is 12.8. The highest BCUT2D eigenvalue weighted by Gasteiger charge is 2.30. The highest BCUT2D eigenvalue weighted by Crippen LogP contribution is 2.40. The molecule has 0 aliphatic carbocycles. The van der Waals surface area contributed by atoms with Gasteiger partial charge in [0.1, 0.15) is 5.69 Å². The zero-order valence-electron chi connectivity index (χ0n) is 12.8. The number of rotatable bonds is 4. The van der Waals surface area contributed by atoms with Crippen molar-refractivity contribution in [3.63, 3.8) is 0 Å². The summed E-state index contributed by atoms with van der Waals surface area (Å²) < 4.78 is 10.4. The van der Waals surface area contributed by atoms with Gasteiger partial charge in [-0.05, 0) is 13.8 Å². The number of nitro groups is 1. The van der Waals surface area contributed by atoms with Gasteiger partial charge in [-0.1, -0.05) is 0 Å². The first-order chi connectivity index (χ1) is 9.97. The third-order valence-electron chi connectivity index (χ3n) is 3.75. The highest BCUT2D eigenvalue weighted by molar-refractivity contribution is 5.70. The van der Waals surface area contributed by atoms with Gasteiger partial charge in [0.2, 0.25) is 0 Å². The van der Waals surface area contributed by atoms with Crippen molar-refractivity contribution >= 4 is 11.4 Å². The summed E-state index contributed by atoms with van der Waals surface area (Å²) in [7, 11) is 2.99. The van der Waals surface area contributed by atoms with Gasteiger partial charge in [0, 0.05) is 31.2 Å². The van der Waals surface area contributed by atoms with E-state index < -0.39 is 0 Å². The van der Waals surface area contributed by atoms with Gasteiger partial charge in [-0.25, -0.2) is 0 Å². The Morgan fingerprint density at radius 2 is 1.90 bits per heavy atom. The molecule has 21 heavy (non-hydrogen) atoms. The molecule has 1 aliphatic rings. The molecule has 0 radical (unpaired) electrons. The molecular formula is C14H21N3O4. The van der Waals surface area contributed by atoms with E-state index in [2.05, 4.69) is 12.2 Å². The number of nitro benzene ring substituents is 1. The Bertz CT molecular complexity index is 535. The number of benzene rings is 1. The fourth-order valence-corrected chi connectivity index (χ4v) is 2.59. The first-order valence-corrected chi connectivity index (χ1v) is 6.88. The lowest BCUT2D eigenvalue weighted by Gasteiger charge is -2.39. The molecule has 2 rings (SSSR count). The number of anilines is 1. The maximum atomic E-state index is 11.4. The maximum Gasteiger partial charge on any atom is 0.296 e. The summed E-state index contributed by atoms with van der Waals surface area (Å²) in [6.45, 7) is 5.59. The first kappa shape index (κ1) is 15.4. The molecule has 1 heterocycles. The molecule has 0 aromatic heterocycles. The number of nitrogens with one attached hydrogen (secondary N) is 1. The van der Waals surface area contributed by atoms with Crippen molar-refractivity contribution in [1.29, 1.82) is 0 Å². The van der Waals surface area contributed by atoms with Crippen LogP contribution in [0.5, 0.6) is 11.5 Å². The molecule has 1 fully saturated rings. The molecule has 1 aliphatic heterocycles. The minimum atomic E-state index is -0.378. The molecule has 1 saturated heterocycles. The van der Waals surface area contributed by atoms with Crippen LogP contribution in [0.3, 0.4) is 0 Å². The van der Waals surface area contributed by atoms with E-state index in [0.29, 0.717) is 23.7 Å². The fourth-order valence-electron chi connectivity index (χ4n) is 2.59. The van der Waals surface area contributed by atoms with Crippen molar-refractivity contribution in [1.82, 2.24) is 5.32 Å². The SMILES string of the molecule is COc1cc(N2CC(C)NCC2C)c([N+](=O)[O-])cc1OC. The van der Waals surface area contributed by atoms with Crippen LogP contribution in [0.25, 0.3) is 0 Å². The van der Waals surface area contributed by atoms with Crippen LogP contribution in [0.15, 0.2) is 12.1 Å². The second kappa shape index (κ2) is 6.17. The predicted molar refractivity (Wildman–Crippen MR) is 80.5 cm³/mol. The van der Waals surface area contributed by atoms with Crippen molar-refractivity contribution < 1.29 is 14.4 Å². The van der Waals surface area contributed by atoms with Crippen molar-refractivity contribution in [3.05, 3.63) is 22.2 Å². The Morgan fingerprint density at radius 3 is 2.48 bits per heavy atom. The standard InChI is InChI=1S/C14H21N3O4/c1-9-8-16(10(2)7-15-9)11-5-13(20-3)14(21-4)6-12(11)17(18)19/h5-6,9-10,15H,7-8H2,1-4H3. The molecule has 7 nitrogen and oxygen atoms in total. The molecule has 1 N–H and O–H groups in total. The highest BCUT2D eigenvalue weighted by atomic mass is 16.6. The summed E-state index contributed by atoms with van der Waals surface area (Å²) in [5, 5.41) is 14.8. The average Bonchev–Trinajstić information content (AvgIpc) is 2.48. The van der Waals surface area contributed by atoms with Crippen LogP contribution >= 0.6 is 0 Å². The second-order valence-corrected chi connectivity index (χ2v) is 5.26. The van der Waals surface area contributed by atoms with E-state index in [1.54, 1.807) is 6.07 Å². The molecule has 1 aromatic rings. The van der Waals surface area contributed by atoms with Gasteiger partial charge < -0.3 is 19.7 Å². The van der Waals surface area contributed by atoms with E-state index in [1.165, 1.54) is 20.3 Å². The van der Waals surface area contributed by atoms with Gasteiger partial charge in [0.15, 0.2) is 11.5 Å². The summed E-state index contributed by atoms with van der Waals surface area (Å²) in [6, 6.07) is 3.55. The van der Waals surface area contributed by atoms with E-state index in [1.807, 2.05) is 11.8 Å². The Labute approximate surface area is 124 Å². The second-order valence-electron chi connectivity index (χ2n) is 5.26. The third kappa shape index (κ3) is 3.02. The molecule has 7 heteroatoms. The van der Waals surface area contributed by atoms with Gasteiger partial charge >= 0.3 is 0 Å². The molecular weight excluding hydrogens is 274 g/mol. The normalized spacial score (nSPS) is 22.0. The van der Waals surface area contributed by atoms with E-state index >= 15 is 0 Å². The van der Waals surface area contributed by atoms with Gasteiger partial charge in [-0.2, -0.15) is 0 Å². The molecule has 0 spiro atoms. The van der Waals surface area contributed by atoms with E-state index in [4.69, 9.17) is 9.47 Å².